The zero-order valence-corrected chi connectivity index (χ0v) is 68.6. The lowest BCUT2D eigenvalue weighted by Gasteiger charge is -2.30. The summed E-state index contributed by atoms with van der Waals surface area (Å²) < 4.78 is 131. The maximum absolute atomic E-state index is 12.9. The lowest BCUT2D eigenvalue weighted by molar-refractivity contribution is 0.0559. The molecule has 0 spiro atoms. The van der Waals surface area contributed by atoms with Crippen LogP contribution in [0.5, 0.6) is 5.75 Å². The van der Waals surface area contributed by atoms with Crippen molar-refractivity contribution >= 4 is 115 Å². The topological polar surface area (TPSA) is 547 Å². The van der Waals surface area contributed by atoms with Crippen molar-refractivity contribution in [1.82, 2.24) is 78.1 Å². The van der Waals surface area contributed by atoms with Gasteiger partial charge in [0.1, 0.15) is 31.1 Å². The second kappa shape index (κ2) is 41.6. The maximum Gasteiger partial charge on any atom is 0.356 e. The molecule has 0 saturated carbocycles. The molecule has 4 fully saturated rings. The monoisotopic (exact) mass is 1800 g/mol. The number of H-pyrrole nitrogens is 4. The van der Waals surface area contributed by atoms with E-state index in [0.717, 1.165) is 43.6 Å². The molecule has 0 amide bonds. The Hall–Kier alpha value is -9.80. The molecule has 8 aromatic heterocycles. The number of hydrogen-bond acceptors (Lipinski definition) is 33. The van der Waals surface area contributed by atoms with E-state index in [4.69, 9.17) is 82.8 Å². The summed E-state index contributed by atoms with van der Waals surface area (Å²) in [4.78, 5) is 89.3. The molecule has 4 aliphatic heterocycles. The van der Waals surface area contributed by atoms with Gasteiger partial charge in [-0.15, -0.1) is 0 Å². The number of hydrogen-bond donors (Lipinski definition) is 8. The zero-order chi connectivity index (χ0) is 82.4. The number of nitrogens with two attached hydrogens (primary N) is 4. The van der Waals surface area contributed by atoms with Gasteiger partial charge in [0.25, 0.3) is 22.2 Å². The minimum Gasteiger partial charge on any atom is -0.497 e. The van der Waals surface area contributed by atoms with E-state index in [1.54, 1.807) is 25.4 Å². The van der Waals surface area contributed by atoms with Crippen molar-refractivity contribution in [2.24, 2.45) is 0 Å². The molecule has 4 aromatic carbocycles. The van der Waals surface area contributed by atoms with E-state index < -0.39 is 52.6 Å². The van der Waals surface area contributed by atoms with Crippen LogP contribution in [0.4, 0.5) is 23.8 Å². The van der Waals surface area contributed by atoms with Gasteiger partial charge in [-0.1, -0.05) is 122 Å². The molecule has 646 valence electrons. The smallest absolute Gasteiger partial charge is 0.356 e. The number of nitrogens with zero attached hydrogens (tertiary/aromatic N) is 12. The number of fused-ring (bicyclic) bond motifs is 4. The van der Waals surface area contributed by atoms with Gasteiger partial charge in [-0.3, -0.25) is 75.5 Å². The van der Waals surface area contributed by atoms with Gasteiger partial charge >= 0.3 is 30.4 Å². The summed E-state index contributed by atoms with van der Waals surface area (Å²) in [6.07, 6.45) is 6.56. The van der Waals surface area contributed by atoms with Crippen molar-refractivity contribution in [3.8, 4) is 5.75 Å². The van der Waals surface area contributed by atoms with Crippen LogP contribution in [0.25, 0.3) is 44.7 Å². The van der Waals surface area contributed by atoms with Gasteiger partial charge in [0.15, 0.2) is 44.7 Å². The first kappa shape index (κ1) is 92.5. The Morgan fingerprint density at radius 2 is 0.625 bits per heavy atom. The van der Waals surface area contributed by atoms with E-state index in [1.165, 1.54) is 25.3 Å². The highest BCUT2D eigenvalue weighted by Crippen LogP contribution is 2.59. The molecule has 0 bridgehead atoms. The standard InChI is InChI=1S/C18H22N5O6P.2C18H22N5O5P.C17H19BrN5O5P.3CH4/c1-26-13-4-2-12(3-5-13)14-6-8-28-30(25,29-14)11-27-9-7-23-10-20-15-16(23)21-18(19)22-17(15)24;2*1-12-2-4-13(5-3-12)14-6-8-27-29(25,28-14)11-26-9-7-23-10-20-15-16(23)21-18(19)22-17(15)24;18-12-3-1-11(2-4-12)13-5-7-27-29(25,28-13)10-26-8-6-23-9-20-14-15(23)21-17(19)22-16(14)24;;;/h2-5,10,14H,6-9,11H2,1H3,(H3,19,21,22,24);2*2-5,10,14H,6-9,11H2,1H3,(H3,19,21,22,24);1-4,9,13H,5-8,10H2,(H3,19,21,22,24);3*1H4. The Bertz CT molecular complexity index is 5470. The number of anilines is 4. The number of methoxy groups -OCH3 is 1. The fourth-order valence-corrected chi connectivity index (χ4v) is 18.9. The first-order valence-electron chi connectivity index (χ1n) is 36.6. The van der Waals surface area contributed by atoms with Gasteiger partial charge in [-0.25, -0.2) is 19.9 Å². The lowest BCUT2D eigenvalue weighted by Crippen LogP contribution is -2.17. The third kappa shape index (κ3) is 23.9. The molecule has 12 aromatic rings. The average Bonchev–Trinajstić information content (AvgIpc) is 1.60. The summed E-state index contributed by atoms with van der Waals surface area (Å²) in [5.41, 5.74) is 29.0. The summed E-state index contributed by atoms with van der Waals surface area (Å²) in [7, 11) is -11.9. The zero-order valence-electron chi connectivity index (χ0n) is 63.4. The average molecular weight is 1810 g/mol. The van der Waals surface area contributed by atoms with E-state index in [-0.39, 0.29) is 144 Å². The first-order valence-corrected chi connectivity index (χ1v) is 44.3. The van der Waals surface area contributed by atoms with Crippen molar-refractivity contribution in [1.29, 1.82) is 0 Å². The molecular weight excluding hydrogens is 1710 g/mol. The molecule has 0 radical (unpaired) electrons. The molecule has 16 rings (SSSR count). The molecule has 8 atom stereocenters. The van der Waals surface area contributed by atoms with Gasteiger partial charge in [-0.05, 0) is 60.4 Å². The Balaban J connectivity index is 0.000000167. The summed E-state index contributed by atoms with van der Waals surface area (Å²) in [6.45, 7) is 7.59. The number of ether oxygens (including phenoxy) is 5. The number of halogens is 1. The van der Waals surface area contributed by atoms with Crippen LogP contribution in [0, 0.1) is 13.8 Å². The molecule has 46 heteroatoms. The minimum absolute atomic E-state index is 0. The number of rotatable bonds is 25. The predicted octanol–water partition coefficient (Wildman–Crippen LogP) is 11.5. The van der Waals surface area contributed by atoms with E-state index in [0.29, 0.717) is 101 Å². The van der Waals surface area contributed by atoms with Crippen LogP contribution in [0.2, 0.25) is 0 Å². The van der Waals surface area contributed by atoms with Crippen molar-refractivity contribution in [3.63, 3.8) is 0 Å². The number of imidazole rings is 4. The van der Waals surface area contributed by atoms with Gasteiger partial charge in [0.05, 0.1) is 110 Å². The van der Waals surface area contributed by atoms with Gasteiger partial charge in [0, 0.05) is 56.3 Å². The second-order valence-electron chi connectivity index (χ2n) is 26.8. The third-order valence-electron chi connectivity index (χ3n) is 18.3. The highest BCUT2D eigenvalue weighted by Gasteiger charge is 2.39. The second-order valence-corrected chi connectivity index (χ2v) is 35.6. The number of nitrogen functional groups attached to an aromatic ring is 4. The van der Waals surface area contributed by atoms with Crippen LogP contribution in [-0.4, -0.2) is 163 Å². The van der Waals surface area contributed by atoms with E-state index >= 15 is 0 Å². The predicted molar refractivity (Wildman–Crippen MR) is 451 cm³/mol. The summed E-state index contributed by atoms with van der Waals surface area (Å²) in [6, 6.07) is 31.0. The molecular formula is C74H97BrN20O21P4. The number of aromatic amines is 4. The van der Waals surface area contributed by atoms with Crippen molar-refractivity contribution in [2.75, 3.05) is 108 Å². The largest absolute Gasteiger partial charge is 0.497 e. The Labute approximate surface area is 695 Å². The summed E-state index contributed by atoms with van der Waals surface area (Å²) >= 11 is 3.40. The van der Waals surface area contributed by atoms with E-state index in [2.05, 4.69) is 75.7 Å². The highest BCUT2D eigenvalue weighted by atomic mass is 79.9. The van der Waals surface area contributed by atoms with Crippen LogP contribution < -0.4 is 49.9 Å². The highest BCUT2D eigenvalue weighted by molar-refractivity contribution is 9.10. The van der Waals surface area contributed by atoms with Gasteiger partial charge in [0.2, 0.25) is 23.8 Å². The van der Waals surface area contributed by atoms with Crippen LogP contribution in [0.1, 0.15) is 106 Å². The van der Waals surface area contributed by atoms with Crippen LogP contribution in [0.15, 0.2) is 146 Å². The van der Waals surface area contributed by atoms with Crippen molar-refractivity contribution in [3.05, 3.63) is 202 Å². The first-order chi connectivity index (χ1) is 56.3. The van der Waals surface area contributed by atoms with Gasteiger partial charge in [-0.2, -0.15) is 19.9 Å². The molecule has 0 aliphatic carbocycles. The fourth-order valence-electron chi connectivity index (χ4n) is 12.4. The number of nitrogens with one attached hydrogen (secondary N) is 4. The fraction of sp³-hybridized carbons (Fsp3) is 0.405. The van der Waals surface area contributed by atoms with Crippen LogP contribution in [0.3, 0.4) is 0 Å². The molecule has 120 heavy (non-hydrogen) atoms. The van der Waals surface area contributed by atoms with Crippen LogP contribution in [-0.2, 0) is 99.6 Å². The van der Waals surface area contributed by atoms with Gasteiger partial charge < -0.3 is 83.0 Å². The molecule has 41 nitrogen and oxygen atoms in total. The quantitative estimate of drug-likeness (QED) is 0.0195. The SMILES string of the molecule is C.C.C.COc1ccc(C2CCOP(=O)(COCCn3cnc4c(=O)[nH]c(N)nc43)O2)cc1.Cc1ccc(C2CCOP(=O)(COCCn3cnc4c(=O)[nH]c(N)nc43)O2)cc1.Cc1ccc(C2CCOP(=O)(COCCn3cnc4c(=O)[nH]c(N)nc43)O2)cc1.Nc1nc2c(ncn2CCOCP2(=O)OCCC(c3ccc(Br)cc3)O2)c(=O)[nH]1. The molecule has 12 N–H and O–H groups in total. The number of aryl methyl sites for hydroxylation is 2. The summed E-state index contributed by atoms with van der Waals surface area (Å²) in [5, 5.41) is 0. The molecule has 4 saturated heterocycles. The van der Waals surface area contributed by atoms with Crippen molar-refractivity contribution in [2.45, 2.75) is 112 Å². The van der Waals surface area contributed by atoms with Crippen molar-refractivity contribution < 1.29 is 78.1 Å². The minimum atomic E-state index is -3.39. The Morgan fingerprint density at radius 3 is 0.867 bits per heavy atom. The Kier molecular flexibility index (Phi) is 32.1. The van der Waals surface area contributed by atoms with E-state index in [9.17, 15) is 37.4 Å². The normalized spacial score (nSPS) is 21.5. The number of benzene rings is 4. The Morgan fingerprint density at radius 1 is 0.392 bits per heavy atom. The molecule has 4 aliphatic rings. The molecule has 8 unspecified atom stereocenters. The third-order valence-corrected chi connectivity index (χ3v) is 25.5. The van der Waals surface area contributed by atoms with E-state index in [1.807, 2.05) is 111 Å². The lowest BCUT2D eigenvalue weighted by atomic mass is 10.1. The number of aromatic nitrogens is 16. The van der Waals surface area contributed by atoms with Crippen LogP contribution >= 0.6 is 46.3 Å². The summed E-state index contributed by atoms with van der Waals surface area (Å²) in [5.74, 6) is 0.787. The molecule has 12 heterocycles. The maximum atomic E-state index is 12.9.